The molecule has 1 aromatic carbocycles. The van der Waals surface area contributed by atoms with Gasteiger partial charge in [0.25, 0.3) is 0 Å². The molecule has 21 heavy (non-hydrogen) atoms. The van der Waals surface area contributed by atoms with Crippen LogP contribution in [0.4, 0.5) is 0 Å². The van der Waals surface area contributed by atoms with Crippen LogP contribution in [-0.2, 0) is 9.53 Å². The fourth-order valence-electron chi connectivity index (χ4n) is 2.00. The molecule has 0 bridgehead atoms. The molecule has 1 saturated heterocycles. The van der Waals surface area contributed by atoms with Gasteiger partial charge in [-0.2, -0.15) is 0 Å². The predicted molar refractivity (Wildman–Crippen MR) is 81.8 cm³/mol. The first kappa shape index (κ1) is 15.9. The number of ether oxygens (including phenoxy) is 3. The maximum absolute atomic E-state index is 10.6. The smallest absolute Gasteiger partial charge is 0.328 e. The van der Waals surface area contributed by atoms with E-state index in [1.54, 1.807) is 12.1 Å². The molecule has 1 unspecified atom stereocenters. The molecule has 0 aliphatic carbocycles. The Morgan fingerprint density at radius 2 is 2.38 bits per heavy atom. The molecular formula is C15H17BrO5. The molecule has 1 aliphatic rings. The number of benzene rings is 1. The molecule has 1 heterocycles. The van der Waals surface area contributed by atoms with Gasteiger partial charge in [0.1, 0.15) is 6.10 Å². The van der Waals surface area contributed by atoms with Crippen molar-refractivity contribution in [2.24, 2.45) is 0 Å². The predicted octanol–water partition coefficient (Wildman–Crippen LogP) is 3.11. The second kappa shape index (κ2) is 7.47. The lowest BCUT2D eigenvalue weighted by Crippen LogP contribution is -2.16. The zero-order valence-corrected chi connectivity index (χ0v) is 13.3. The van der Waals surface area contributed by atoms with Crippen LogP contribution in [0.1, 0.15) is 18.9 Å². The van der Waals surface area contributed by atoms with Gasteiger partial charge < -0.3 is 19.3 Å². The Bertz CT molecular complexity index is 535. The van der Waals surface area contributed by atoms with E-state index in [9.17, 15) is 4.79 Å². The van der Waals surface area contributed by atoms with E-state index < -0.39 is 5.97 Å². The fraction of sp³-hybridized carbons (Fsp3) is 0.400. The highest BCUT2D eigenvalue weighted by molar-refractivity contribution is 9.10. The summed E-state index contributed by atoms with van der Waals surface area (Å²) in [5.74, 6) is 0.219. The highest BCUT2D eigenvalue weighted by Gasteiger charge is 2.21. The van der Waals surface area contributed by atoms with Crippen LogP contribution < -0.4 is 9.47 Å². The molecule has 5 nitrogen and oxygen atoms in total. The number of carbonyl (C=O) groups is 1. The molecule has 0 spiro atoms. The van der Waals surface area contributed by atoms with Crippen LogP contribution in [0.3, 0.4) is 0 Å². The Kier molecular flexibility index (Phi) is 5.64. The molecule has 0 aromatic heterocycles. The van der Waals surface area contributed by atoms with Gasteiger partial charge in [0.05, 0.1) is 24.3 Å². The van der Waals surface area contributed by atoms with Crippen LogP contribution >= 0.6 is 15.9 Å². The monoisotopic (exact) mass is 356 g/mol. The van der Waals surface area contributed by atoms with Gasteiger partial charge in [0, 0.05) is 12.5 Å². The number of halogens is 1. The van der Waals surface area contributed by atoms with E-state index in [0.717, 1.165) is 22.5 Å². The van der Waals surface area contributed by atoms with Gasteiger partial charge >= 0.3 is 5.97 Å². The largest absolute Gasteiger partial charge is 0.490 e. The minimum absolute atomic E-state index is 0.0147. The van der Waals surface area contributed by atoms with Crippen molar-refractivity contribution in [1.29, 1.82) is 0 Å². The normalized spacial score (nSPS) is 18.1. The molecule has 2 rings (SSSR count). The van der Waals surface area contributed by atoms with Crippen molar-refractivity contribution >= 4 is 28.0 Å². The van der Waals surface area contributed by atoms with E-state index in [1.807, 2.05) is 6.92 Å². The summed E-state index contributed by atoms with van der Waals surface area (Å²) in [6.45, 7) is 3.65. The Balaban J connectivity index is 2.27. The van der Waals surface area contributed by atoms with E-state index in [-0.39, 0.29) is 6.10 Å². The van der Waals surface area contributed by atoms with Gasteiger partial charge in [-0.05, 0) is 46.6 Å². The van der Waals surface area contributed by atoms with Crippen LogP contribution in [-0.4, -0.2) is 37.0 Å². The second-order valence-electron chi connectivity index (χ2n) is 4.54. The van der Waals surface area contributed by atoms with E-state index in [2.05, 4.69) is 15.9 Å². The van der Waals surface area contributed by atoms with E-state index in [4.69, 9.17) is 19.3 Å². The van der Waals surface area contributed by atoms with E-state index in [1.165, 1.54) is 6.08 Å². The van der Waals surface area contributed by atoms with E-state index >= 15 is 0 Å². The lowest BCUT2D eigenvalue weighted by molar-refractivity contribution is -0.131. The Morgan fingerprint density at radius 3 is 3.00 bits per heavy atom. The highest BCUT2D eigenvalue weighted by atomic mass is 79.9. The summed E-state index contributed by atoms with van der Waals surface area (Å²) >= 11 is 3.46. The van der Waals surface area contributed by atoms with Crippen molar-refractivity contribution in [3.8, 4) is 11.5 Å². The minimum atomic E-state index is -0.993. The molecule has 0 saturated carbocycles. The molecule has 1 aromatic rings. The quantitative estimate of drug-likeness (QED) is 0.793. The molecule has 114 valence electrons. The summed E-state index contributed by atoms with van der Waals surface area (Å²) < 4.78 is 17.6. The number of carboxylic acid groups (broad SMARTS) is 1. The summed E-state index contributed by atoms with van der Waals surface area (Å²) in [5, 5.41) is 8.69. The lowest BCUT2D eigenvalue weighted by Gasteiger charge is -2.17. The van der Waals surface area contributed by atoms with Crippen molar-refractivity contribution in [3.63, 3.8) is 0 Å². The molecule has 6 heteroatoms. The zero-order chi connectivity index (χ0) is 15.2. The summed E-state index contributed by atoms with van der Waals surface area (Å²) in [4.78, 5) is 10.6. The standard InChI is InChI=1S/C15H17BrO5/c1-2-20-13-8-10(3-4-14(17)18)7-12(16)15(13)21-11-5-6-19-9-11/h3-4,7-8,11H,2,5-6,9H2,1H3,(H,17,18). The molecule has 1 aliphatic heterocycles. The number of rotatable bonds is 6. The van der Waals surface area contributed by atoms with Gasteiger partial charge in [0.15, 0.2) is 11.5 Å². The summed E-state index contributed by atoms with van der Waals surface area (Å²) in [7, 11) is 0. The third-order valence-electron chi connectivity index (χ3n) is 2.92. The average molecular weight is 357 g/mol. The van der Waals surface area contributed by atoms with E-state index in [0.29, 0.717) is 31.3 Å². The van der Waals surface area contributed by atoms with Gasteiger partial charge in [-0.1, -0.05) is 0 Å². The van der Waals surface area contributed by atoms with Gasteiger partial charge in [-0.15, -0.1) is 0 Å². The zero-order valence-electron chi connectivity index (χ0n) is 11.7. The second-order valence-corrected chi connectivity index (χ2v) is 5.39. The maximum atomic E-state index is 10.6. The Hall–Kier alpha value is -1.53. The molecule has 1 atom stereocenters. The van der Waals surface area contributed by atoms with Crippen LogP contribution in [0.5, 0.6) is 11.5 Å². The van der Waals surface area contributed by atoms with Crippen LogP contribution in [0, 0.1) is 0 Å². The van der Waals surface area contributed by atoms with Gasteiger partial charge in [-0.25, -0.2) is 4.79 Å². The van der Waals surface area contributed by atoms with Gasteiger partial charge in [-0.3, -0.25) is 0 Å². The third-order valence-corrected chi connectivity index (χ3v) is 3.51. The van der Waals surface area contributed by atoms with Crippen LogP contribution in [0.2, 0.25) is 0 Å². The summed E-state index contributed by atoms with van der Waals surface area (Å²) in [6, 6.07) is 3.56. The molecule has 0 radical (unpaired) electrons. The first-order valence-corrected chi connectivity index (χ1v) is 7.51. The molecular weight excluding hydrogens is 340 g/mol. The molecule has 0 amide bonds. The minimum Gasteiger partial charge on any atom is -0.490 e. The van der Waals surface area contributed by atoms with Crippen molar-refractivity contribution in [1.82, 2.24) is 0 Å². The summed E-state index contributed by atoms with van der Waals surface area (Å²) in [6.07, 6.45) is 3.46. The number of hydrogen-bond donors (Lipinski definition) is 1. The maximum Gasteiger partial charge on any atom is 0.328 e. The number of aliphatic carboxylic acids is 1. The van der Waals surface area contributed by atoms with Crippen LogP contribution in [0.15, 0.2) is 22.7 Å². The average Bonchev–Trinajstić information content (AvgIpc) is 2.93. The highest BCUT2D eigenvalue weighted by Crippen LogP contribution is 2.38. The number of carboxylic acids is 1. The SMILES string of the molecule is CCOc1cc(C=CC(=O)O)cc(Br)c1OC1CCOC1. The first-order chi connectivity index (χ1) is 10.1. The first-order valence-electron chi connectivity index (χ1n) is 6.72. The topological polar surface area (TPSA) is 65.0 Å². The Labute approximate surface area is 131 Å². The molecule has 1 N–H and O–H groups in total. The summed E-state index contributed by atoms with van der Waals surface area (Å²) in [5.41, 5.74) is 0.725. The third kappa shape index (κ3) is 4.47. The van der Waals surface area contributed by atoms with Gasteiger partial charge in [0.2, 0.25) is 0 Å². The van der Waals surface area contributed by atoms with Crippen molar-refractivity contribution in [2.75, 3.05) is 19.8 Å². The van der Waals surface area contributed by atoms with Crippen molar-refractivity contribution < 1.29 is 24.1 Å². The number of hydrogen-bond acceptors (Lipinski definition) is 4. The fourth-order valence-corrected chi connectivity index (χ4v) is 2.55. The van der Waals surface area contributed by atoms with Crippen molar-refractivity contribution in [2.45, 2.75) is 19.4 Å². The van der Waals surface area contributed by atoms with Crippen LogP contribution in [0.25, 0.3) is 6.08 Å². The lowest BCUT2D eigenvalue weighted by atomic mass is 10.2. The molecule has 1 fully saturated rings. The Morgan fingerprint density at radius 1 is 1.57 bits per heavy atom. The van der Waals surface area contributed by atoms with Crippen molar-refractivity contribution in [3.05, 3.63) is 28.2 Å².